The third kappa shape index (κ3) is 4.27. The normalized spacial score (nSPS) is 10.5. The van der Waals surface area contributed by atoms with Crippen LogP contribution in [-0.2, 0) is 4.79 Å². The lowest BCUT2D eigenvalue weighted by atomic mass is 10.1. The Bertz CT molecular complexity index is 889. The van der Waals surface area contributed by atoms with Gasteiger partial charge in [-0.1, -0.05) is 48.0 Å². The minimum Gasteiger partial charge on any atom is -0.483 e. The summed E-state index contributed by atoms with van der Waals surface area (Å²) >= 11 is 0. The third-order valence-electron chi connectivity index (χ3n) is 3.75. The summed E-state index contributed by atoms with van der Waals surface area (Å²) in [6.07, 6.45) is 0.881. The van der Waals surface area contributed by atoms with Crippen LogP contribution in [0.1, 0.15) is 18.9 Å². The highest BCUT2D eigenvalue weighted by Crippen LogP contribution is 2.30. The van der Waals surface area contributed by atoms with Crippen molar-refractivity contribution in [2.45, 2.75) is 20.3 Å². The van der Waals surface area contributed by atoms with E-state index in [2.05, 4.69) is 15.5 Å². The van der Waals surface area contributed by atoms with Crippen molar-refractivity contribution in [1.29, 1.82) is 0 Å². The highest BCUT2D eigenvalue weighted by molar-refractivity contribution is 5.78. The van der Waals surface area contributed by atoms with Crippen LogP contribution < -0.4 is 10.1 Å². The van der Waals surface area contributed by atoms with Gasteiger partial charge in [-0.25, -0.2) is 0 Å². The van der Waals surface area contributed by atoms with Crippen LogP contribution in [-0.4, -0.2) is 29.2 Å². The van der Waals surface area contributed by atoms with Gasteiger partial charge in [-0.05, 0) is 31.5 Å². The van der Waals surface area contributed by atoms with Gasteiger partial charge in [0.25, 0.3) is 11.8 Å². The zero-order valence-corrected chi connectivity index (χ0v) is 14.9. The quantitative estimate of drug-likeness (QED) is 0.703. The number of amides is 1. The molecule has 6 nitrogen and oxygen atoms in total. The maximum atomic E-state index is 11.8. The molecule has 1 N–H and O–H groups in total. The van der Waals surface area contributed by atoms with Gasteiger partial charge in [0.05, 0.1) is 5.56 Å². The minimum absolute atomic E-state index is 0.0596. The van der Waals surface area contributed by atoms with Gasteiger partial charge in [0, 0.05) is 12.1 Å². The summed E-state index contributed by atoms with van der Waals surface area (Å²) in [5.74, 6) is 1.23. The average molecular weight is 351 g/mol. The Hall–Kier alpha value is -3.15. The van der Waals surface area contributed by atoms with E-state index < -0.39 is 0 Å². The van der Waals surface area contributed by atoms with Crippen LogP contribution in [0.5, 0.6) is 5.75 Å². The predicted molar refractivity (Wildman–Crippen MR) is 98.7 cm³/mol. The lowest BCUT2D eigenvalue weighted by Gasteiger charge is -2.09. The molecule has 0 aliphatic heterocycles. The fraction of sp³-hybridized carbons (Fsp3) is 0.250. The number of benzene rings is 2. The number of para-hydroxylation sites is 1. The Morgan fingerprint density at radius 1 is 1.19 bits per heavy atom. The maximum absolute atomic E-state index is 11.8. The molecule has 0 atom stereocenters. The fourth-order valence-electron chi connectivity index (χ4n) is 2.46. The molecule has 0 spiro atoms. The zero-order chi connectivity index (χ0) is 18.4. The Morgan fingerprint density at radius 2 is 2.04 bits per heavy atom. The smallest absolute Gasteiger partial charge is 0.262 e. The van der Waals surface area contributed by atoms with Crippen LogP contribution in [0.3, 0.4) is 0 Å². The van der Waals surface area contributed by atoms with E-state index >= 15 is 0 Å². The number of carbonyl (C=O) groups is 1. The van der Waals surface area contributed by atoms with E-state index in [4.69, 9.17) is 9.26 Å². The summed E-state index contributed by atoms with van der Waals surface area (Å²) in [7, 11) is 0. The van der Waals surface area contributed by atoms with Crippen molar-refractivity contribution in [1.82, 2.24) is 15.5 Å². The summed E-state index contributed by atoms with van der Waals surface area (Å²) < 4.78 is 11.1. The molecule has 0 fully saturated rings. The standard InChI is InChI=1S/C20H21N3O3/c1-3-11-21-18(24)13-25-17-10-5-4-9-16(17)20-22-19(23-26-20)15-8-6-7-14(2)12-15/h4-10,12H,3,11,13H2,1-2H3,(H,21,24). The Labute approximate surface area is 152 Å². The fourth-order valence-corrected chi connectivity index (χ4v) is 2.46. The molecular formula is C20H21N3O3. The second-order valence-electron chi connectivity index (χ2n) is 5.93. The number of carbonyl (C=O) groups excluding carboxylic acids is 1. The Kier molecular flexibility index (Phi) is 5.63. The molecule has 6 heteroatoms. The molecule has 1 aromatic heterocycles. The second kappa shape index (κ2) is 8.29. The van der Waals surface area contributed by atoms with E-state index in [1.54, 1.807) is 6.07 Å². The summed E-state index contributed by atoms with van der Waals surface area (Å²) in [6.45, 7) is 4.58. The van der Waals surface area contributed by atoms with E-state index in [1.165, 1.54) is 0 Å². The third-order valence-corrected chi connectivity index (χ3v) is 3.75. The first-order chi connectivity index (χ1) is 12.7. The van der Waals surface area contributed by atoms with Gasteiger partial charge in [0.2, 0.25) is 5.82 Å². The molecule has 0 aliphatic rings. The minimum atomic E-state index is -0.160. The van der Waals surface area contributed by atoms with E-state index in [9.17, 15) is 4.79 Å². The number of aryl methyl sites for hydroxylation is 1. The summed E-state index contributed by atoms with van der Waals surface area (Å²) in [5, 5.41) is 6.84. The first kappa shape index (κ1) is 17.7. The molecule has 0 saturated heterocycles. The molecule has 0 saturated carbocycles. The SMILES string of the molecule is CCCNC(=O)COc1ccccc1-c1nc(-c2cccc(C)c2)no1. The van der Waals surface area contributed by atoms with Gasteiger partial charge in [-0.3, -0.25) is 4.79 Å². The summed E-state index contributed by atoms with van der Waals surface area (Å²) in [4.78, 5) is 16.2. The lowest BCUT2D eigenvalue weighted by Crippen LogP contribution is -2.29. The van der Waals surface area contributed by atoms with Crippen molar-refractivity contribution < 1.29 is 14.1 Å². The molecular weight excluding hydrogens is 330 g/mol. The average Bonchev–Trinajstić information content (AvgIpc) is 3.15. The van der Waals surface area contributed by atoms with E-state index in [0.29, 0.717) is 29.6 Å². The van der Waals surface area contributed by atoms with Crippen LogP contribution in [0.15, 0.2) is 53.1 Å². The van der Waals surface area contributed by atoms with E-state index in [-0.39, 0.29) is 12.5 Å². The van der Waals surface area contributed by atoms with Crippen LogP contribution in [0.25, 0.3) is 22.8 Å². The second-order valence-corrected chi connectivity index (χ2v) is 5.93. The van der Waals surface area contributed by atoms with Crippen LogP contribution in [0.4, 0.5) is 0 Å². The molecule has 26 heavy (non-hydrogen) atoms. The van der Waals surface area contributed by atoms with Gasteiger partial charge >= 0.3 is 0 Å². The molecule has 1 heterocycles. The number of hydrogen-bond donors (Lipinski definition) is 1. The van der Waals surface area contributed by atoms with Crippen molar-refractivity contribution in [3.8, 4) is 28.6 Å². The molecule has 2 aromatic carbocycles. The Balaban J connectivity index is 1.79. The Morgan fingerprint density at radius 3 is 2.85 bits per heavy atom. The molecule has 1 amide bonds. The zero-order valence-electron chi connectivity index (χ0n) is 14.9. The van der Waals surface area contributed by atoms with Crippen molar-refractivity contribution >= 4 is 5.91 Å². The van der Waals surface area contributed by atoms with Crippen molar-refractivity contribution in [3.63, 3.8) is 0 Å². The highest BCUT2D eigenvalue weighted by atomic mass is 16.5. The van der Waals surface area contributed by atoms with Gasteiger partial charge in [-0.2, -0.15) is 4.98 Å². The van der Waals surface area contributed by atoms with Crippen LogP contribution >= 0.6 is 0 Å². The number of ether oxygens (including phenoxy) is 1. The van der Waals surface area contributed by atoms with Gasteiger partial charge in [-0.15, -0.1) is 0 Å². The molecule has 3 aromatic rings. The molecule has 0 bridgehead atoms. The molecule has 0 unspecified atom stereocenters. The molecule has 134 valence electrons. The first-order valence-corrected chi connectivity index (χ1v) is 8.57. The number of rotatable bonds is 7. The molecule has 0 radical (unpaired) electrons. The summed E-state index contributed by atoms with van der Waals surface area (Å²) in [5.41, 5.74) is 2.66. The van der Waals surface area contributed by atoms with Crippen molar-refractivity contribution in [3.05, 3.63) is 54.1 Å². The van der Waals surface area contributed by atoms with Gasteiger partial charge < -0.3 is 14.6 Å². The number of hydrogen-bond acceptors (Lipinski definition) is 5. The van der Waals surface area contributed by atoms with Crippen molar-refractivity contribution in [2.75, 3.05) is 13.2 Å². The van der Waals surface area contributed by atoms with E-state index in [1.807, 2.05) is 56.3 Å². The molecule has 3 rings (SSSR count). The van der Waals surface area contributed by atoms with Gasteiger partial charge in [0.15, 0.2) is 6.61 Å². The van der Waals surface area contributed by atoms with Crippen molar-refractivity contribution in [2.24, 2.45) is 0 Å². The monoisotopic (exact) mass is 351 g/mol. The van der Waals surface area contributed by atoms with Crippen LogP contribution in [0.2, 0.25) is 0 Å². The number of nitrogens with zero attached hydrogens (tertiary/aromatic N) is 2. The molecule has 0 aliphatic carbocycles. The first-order valence-electron chi connectivity index (χ1n) is 8.57. The van der Waals surface area contributed by atoms with Gasteiger partial charge in [0.1, 0.15) is 5.75 Å². The lowest BCUT2D eigenvalue weighted by molar-refractivity contribution is -0.123. The highest BCUT2D eigenvalue weighted by Gasteiger charge is 2.15. The number of aromatic nitrogens is 2. The maximum Gasteiger partial charge on any atom is 0.262 e. The van der Waals surface area contributed by atoms with E-state index in [0.717, 1.165) is 17.5 Å². The number of nitrogens with one attached hydrogen (secondary N) is 1. The van der Waals surface area contributed by atoms with Crippen LogP contribution in [0, 0.1) is 6.92 Å². The predicted octanol–water partition coefficient (Wildman–Crippen LogP) is 3.62. The largest absolute Gasteiger partial charge is 0.483 e. The topological polar surface area (TPSA) is 77.2 Å². The summed E-state index contributed by atoms with van der Waals surface area (Å²) in [6, 6.07) is 15.2.